The summed E-state index contributed by atoms with van der Waals surface area (Å²) in [5.74, 6) is -1.11. The van der Waals surface area contributed by atoms with Crippen LogP contribution in [0.2, 0.25) is 0 Å². The van der Waals surface area contributed by atoms with Gasteiger partial charge in [-0.1, -0.05) is 24.0 Å². The van der Waals surface area contributed by atoms with Crippen molar-refractivity contribution in [2.45, 2.75) is 6.61 Å². The van der Waals surface area contributed by atoms with E-state index in [0.29, 0.717) is 0 Å². The third-order valence-corrected chi connectivity index (χ3v) is 3.82. The summed E-state index contributed by atoms with van der Waals surface area (Å²) in [4.78, 5) is 22.1. The zero-order chi connectivity index (χ0) is 17.1. The maximum atomic E-state index is 12.4. The molecule has 0 atom stereocenters. The first-order valence-electron chi connectivity index (χ1n) is 5.88. The summed E-state index contributed by atoms with van der Waals surface area (Å²) in [7, 11) is 1.20. The molecule has 1 amide bonds. The Morgan fingerprint density at radius 1 is 1.43 bits per heavy atom. The summed E-state index contributed by atoms with van der Waals surface area (Å²) < 4.78 is 34.0. The number of nitrogens with one attached hydrogen (secondary N) is 1. The molecule has 1 N–H and O–H groups in total. The Hall–Kier alpha value is -2.27. The summed E-state index contributed by atoms with van der Waals surface area (Å²) in [5.41, 5.74) is -0.518. The summed E-state index contributed by atoms with van der Waals surface area (Å²) in [5, 5.41) is 13.5. The molecule has 7 nitrogen and oxygen atoms in total. The maximum Gasteiger partial charge on any atom is 0.387 e. The topological polar surface area (TPSA) is 90.7 Å². The van der Waals surface area contributed by atoms with Crippen LogP contribution < -0.4 is 14.8 Å². The first-order valence-corrected chi connectivity index (χ1v) is 7.10. The van der Waals surface area contributed by atoms with E-state index in [4.69, 9.17) is 17.0 Å². The van der Waals surface area contributed by atoms with E-state index >= 15 is 0 Å². The summed E-state index contributed by atoms with van der Waals surface area (Å²) >= 11 is 5.75. The fourth-order valence-electron chi connectivity index (χ4n) is 1.75. The minimum absolute atomic E-state index is 0.00387. The lowest BCUT2D eigenvalue weighted by atomic mass is 10.1. The fourth-order valence-corrected chi connectivity index (χ4v) is 2.78. The van der Waals surface area contributed by atoms with Crippen LogP contribution in [0.4, 0.5) is 14.5 Å². The number of benzene rings is 1. The van der Waals surface area contributed by atoms with Crippen molar-refractivity contribution in [2.75, 3.05) is 7.11 Å². The van der Waals surface area contributed by atoms with Gasteiger partial charge in [-0.05, 0) is 12.1 Å². The summed E-state index contributed by atoms with van der Waals surface area (Å²) in [6, 6.07) is 1.95. The minimum Gasteiger partial charge on any atom is -0.493 e. The largest absolute Gasteiger partial charge is 0.493 e. The molecular formula is C12H8F2N2O5S2. The van der Waals surface area contributed by atoms with E-state index in [1.54, 1.807) is 0 Å². The van der Waals surface area contributed by atoms with Crippen molar-refractivity contribution in [1.82, 2.24) is 5.32 Å². The van der Waals surface area contributed by atoms with E-state index in [1.807, 2.05) is 0 Å². The Morgan fingerprint density at radius 3 is 2.61 bits per heavy atom. The van der Waals surface area contributed by atoms with E-state index in [2.05, 4.69) is 10.1 Å². The molecule has 0 aliphatic carbocycles. The highest BCUT2D eigenvalue weighted by Crippen LogP contribution is 2.38. The molecule has 1 heterocycles. The van der Waals surface area contributed by atoms with Gasteiger partial charge in [0.25, 0.3) is 11.6 Å². The molecule has 0 unspecified atom stereocenters. The van der Waals surface area contributed by atoms with Gasteiger partial charge in [0.15, 0.2) is 11.5 Å². The number of nitro benzene ring substituents is 1. The molecule has 0 aromatic heterocycles. The van der Waals surface area contributed by atoms with Crippen molar-refractivity contribution in [3.05, 3.63) is 32.7 Å². The van der Waals surface area contributed by atoms with Gasteiger partial charge >= 0.3 is 6.61 Å². The number of thioether (sulfide) groups is 1. The number of amides is 1. The van der Waals surface area contributed by atoms with Crippen molar-refractivity contribution >= 4 is 46.0 Å². The number of carbonyl (C=O) groups is 1. The Balaban J connectivity index is 2.54. The fraction of sp³-hybridized carbons (Fsp3) is 0.167. The van der Waals surface area contributed by atoms with E-state index < -0.39 is 28.9 Å². The Kier molecular flexibility index (Phi) is 5.11. The van der Waals surface area contributed by atoms with E-state index in [0.717, 1.165) is 23.9 Å². The lowest BCUT2D eigenvalue weighted by molar-refractivity contribution is -0.385. The maximum absolute atomic E-state index is 12.4. The lowest BCUT2D eigenvalue weighted by Crippen LogP contribution is -2.17. The highest BCUT2D eigenvalue weighted by molar-refractivity contribution is 8.26. The predicted molar refractivity (Wildman–Crippen MR) is 82.6 cm³/mol. The van der Waals surface area contributed by atoms with E-state index in [1.165, 1.54) is 13.2 Å². The number of nitrogens with zero attached hydrogens (tertiary/aromatic N) is 1. The van der Waals surface area contributed by atoms with Crippen molar-refractivity contribution in [3.8, 4) is 11.5 Å². The van der Waals surface area contributed by atoms with Crippen molar-refractivity contribution < 1.29 is 28.0 Å². The van der Waals surface area contributed by atoms with E-state index in [-0.39, 0.29) is 20.5 Å². The average Bonchev–Trinajstić information content (AvgIpc) is 2.77. The molecule has 1 aromatic rings. The van der Waals surface area contributed by atoms with Crippen LogP contribution in [-0.4, -0.2) is 28.9 Å². The first-order chi connectivity index (χ1) is 10.8. The molecule has 0 saturated carbocycles. The molecule has 1 aliphatic heterocycles. The molecular weight excluding hydrogens is 354 g/mol. The van der Waals surface area contributed by atoms with Crippen LogP contribution in [0.1, 0.15) is 5.56 Å². The summed E-state index contributed by atoms with van der Waals surface area (Å²) in [6.45, 7) is -3.17. The Labute approximate surface area is 137 Å². The van der Waals surface area contributed by atoms with Crippen molar-refractivity contribution in [2.24, 2.45) is 0 Å². The van der Waals surface area contributed by atoms with Crippen LogP contribution in [0, 0.1) is 10.1 Å². The third kappa shape index (κ3) is 3.93. The molecule has 23 heavy (non-hydrogen) atoms. The molecule has 1 saturated heterocycles. The first kappa shape index (κ1) is 17.1. The van der Waals surface area contributed by atoms with Gasteiger partial charge in [0.2, 0.25) is 0 Å². The van der Waals surface area contributed by atoms with Crippen LogP contribution in [0.25, 0.3) is 6.08 Å². The molecule has 1 aromatic carbocycles. The molecule has 122 valence electrons. The quantitative estimate of drug-likeness (QED) is 0.373. The van der Waals surface area contributed by atoms with Crippen molar-refractivity contribution in [3.63, 3.8) is 0 Å². The predicted octanol–water partition coefficient (Wildman–Crippen LogP) is 2.69. The standard InChI is InChI=1S/C12H8F2N2O5S2/c1-20-7-2-5(3-9-10(17)15-12(22)23-9)6(16(18)19)4-8(7)21-11(13)14/h2-4,11H,1H3,(H,15,17,22). The molecule has 1 aliphatic rings. The highest BCUT2D eigenvalue weighted by Gasteiger charge is 2.26. The SMILES string of the molecule is COc1cc(C=C2SC(=S)NC2=O)c([N+](=O)[O-])cc1OC(F)F. The Morgan fingerprint density at radius 2 is 2.13 bits per heavy atom. The van der Waals surface area contributed by atoms with Gasteiger partial charge in [0, 0.05) is 0 Å². The van der Waals surface area contributed by atoms with Gasteiger partial charge < -0.3 is 14.8 Å². The van der Waals surface area contributed by atoms with Crippen LogP contribution in [-0.2, 0) is 4.79 Å². The smallest absolute Gasteiger partial charge is 0.387 e. The number of hydrogen-bond donors (Lipinski definition) is 1. The lowest BCUT2D eigenvalue weighted by Gasteiger charge is -2.11. The number of hydrogen-bond acceptors (Lipinski definition) is 7. The normalized spacial score (nSPS) is 15.9. The monoisotopic (exact) mass is 362 g/mol. The van der Waals surface area contributed by atoms with Crippen LogP contribution in [0.3, 0.4) is 0 Å². The van der Waals surface area contributed by atoms with Gasteiger partial charge in [-0.3, -0.25) is 14.9 Å². The molecule has 11 heteroatoms. The van der Waals surface area contributed by atoms with Gasteiger partial charge in [0.05, 0.1) is 28.6 Å². The van der Waals surface area contributed by atoms with E-state index in [9.17, 15) is 23.7 Å². The molecule has 0 radical (unpaired) electrons. The number of rotatable bonds is 5. The van der Waals surface area contributed by atoms with Gasteiger partial charge in [-0.25, -0.2) is 0 Å². The second-order valence-corrected chi connectivity index (χ2v) is 5.77. The number of alkyl halides is 2. The molecule has 1 fully saturated rings. The zero-order valence-corrected chi connectivity index (χ0v) is 13.0. The number of halogens is 2. The average molecular weight is 362 g/mol. The van der Waals surface area contributed by atoms with Gasteiger partial charge in [-0.15, -0.1) is 0 Å². The van der Waals surface area contributed by atoms with Crippen molar-refractivity contribution in [1.29, 1.82) is 0 Å². The number of ether oxygens (including phenoxy) is 2. The number of carbonyl (C=O) groups excluding carboxylic acids is 1. The number of methoxy groups -OCH3 is 1. The van der Waals surface area contributed by atoms with Gasteiger partial charge in [0.1, 0.15) is 4.32 Å². The highest BCUT2D eigenvalue weighted by atomic mass is 32.2. The number of nitro groups is 1. The third-order valence-electron chi connectivity index (χ3n) is 2.65. The van der Waals surface area contributed by atoms with Crippen LogP contribution >= 0.6 is 24.0 Å². The molecule has 0 bridgehead atoms. The zero-order valence-electron chi connectivity index (χ0n) is 11.4. The number of thiocarbonyl (C=S) groups is 1. The minimum atomic E-state index is -3.17. The second-order valence-electron chi connectivity index (χ2n) is 4.05. The molecule has 2 rings (SSSR count). The Bertz CT molecular complexity index is 724. The molecule has 0 spiro atoms. The van der Waals surface area contributed by atoms with Crippen LogP contribution in [0.15, 0.2) is 17.0 Å². The van der Waals surface area contributed by atoms with Crippen LogP contribution in [0.5, 0.6) is 11.5 Å². The summed E-state index contributed by atoms with van der Waals surface area (Å²) in [6.07, 6.45) is 1.23. The second kappa shape index (κ2) is 6.87. The van der Waals surface area contributed by atoms with Gasteiger partial charge in [-0.2, -0.15) is 8.78 Å².